The lowest BCUT2D eigenvalue weighted by molar-refractivity contribution is -0.131. The zero-order chi connectivity index (χ0) is 7.02. The molecule has 0 bridgehead atoms. The van der Waals surface area contributed by atoms with Crippen molar-refractivity contribution in [2.24, 2.45) is 11.8 Å². The molecule has 0 aromatic heterocycles. The molecule has 0 amide bonds. The van der Waals surface area contributed by atoms with Crippen molar-refractivity contribution in [3.63, 3.8) is 0 Å². The van der Waals surface area contributed by atoms with Crippen LogP contribution in [-0.4, -0.2) is 12.2 Å². The number of Topliss-reactive ketones (excluding diaryl/α,β-unsaturated/α-hetero) is 1. The number of rotatable bonds is 2. The van der Waals surface area contributed by atoms with Crippen LogP contribution in [0.1, 0.15) is 13.3 Å². The highest BCUT2D eigenvalue weighted by Gasteiger charge is 2.42. The SMILES string of the molecule is CC1CC1C(=O)C(F)F. The summed E-state index contributed by atoms with van der Waals surface area (Å²) >= 11 is 0. The Balaban J connectivity index is 2.36. The minimum atomic E-state index is -2.75. The third kappa shape index (κ3) is 1.26. The molecule has 2 unspecified atom stereocenters. The first kappa shape index (κ1) is 6.65. The number of hydrogen-bond acceptors (Lipinski definition) is 1. The predicted molar refractivity (Wildman–Crippen MR) is 28.3 cm³/mol. The first-order chi connectivity index (χ1) is 4.13. The maximum absolute atomic E-state index is 11.5. The van der Waals surface area contributed by atoms with Crippen molar-refractivity contribution >= 4 is 5.78 Å². The molecule has 0 N–H and O–H groups in total. The van der Waals surface area contributed by atoms with Crippen molar-refractivity contribution in [1.29, 1.82) is 0 Å². The van der Waals surface area contributed by atoms with Crippen LogP contribution in [0.2, 0.25) is 0 Å². The largest absolute Gasteiger partial charge is 0.296 e. The number of hydrogen-bond donors (Lipinski definition) is 0. The Bertz CT molecular complexity index is 133. The number of alkyl halides is 2. The van der Waals surface area contributed by atoms with E-state index in [1.54, 1.807) is 0 Å². The molecule has 0 radical (unpaired) electrons. The van der Waals surface area contributed by atoms with E-state index in [9.17, 15) is 13.6 Å². The average molecular weight is 134 g/mol. The molecule has 2 atom stereocenters. The molecule has 1 saturated carbocycles. The van der Waals surface area contributed by atoms with Gasteiger partial charge in [-0.05, 0) is 12.3 Å². The summed E-state index contributed by atoms with van der Waals surface area (Å²) in [6.45, 7) is 1.81. The van der Waals surface area contributed by atoms with E-state index in [0.717, 1.165) is 0 Å². The molecule has 0 saturated heterocycles. The van der Waals surface area contributed by atoms with Gasteiger partial charge >= 0.3 is 0 Å². The minimum absolute atomic E-state index is 0.200. The quantitative estimate of drug-likeness (QED) is 0.559. The fourth-order valence-corrected chi connectivity index (χ4v) is 0.880. The maximum Gasteiger partial charge on any atom is 0.296 e. The summed E-state index contributed by atoms with van der Waals surface area (Å²) in [5.74, 6) is -1.00. The number of carbonyl (C=O) groups excluding carboxylic acids is 1. The summed E-state index contributed by atoms with van der Waals surface area (Å²) in [6.07, 6.45) is -2.09. The van der Waals surface area contributed by atoms with Gasteiger partial charge in [0.05, 0.1) is 0 Å². The first-order valence-electron chi connectivity index (χ1n) is 2.95. The van der Waals surface area contributed by atoms with Crippen LogP contribution in [0.5, 0.6) is 0 Å². The highest BCUT2D eigenvalue weighted by Crippen LogP contribution is 2.39. The van der Waals surface area contributed by atoms with Gasteiger partial charge in [-0.3, -0.25) is 4.79 Å². The number of halogens is 2. The standard InChI is InChI=1S/C6H8F2O/c1-3-2-4(3)5(9)6(7)8/h3-4,6H,2H2,1H3. The minimum Gasteiger partial charge on any atom is -0.293 e. The summed E-state index contributed by atoms with van der Waals surface area (Å²) in [5.41, 5.74) is 0. The molecular formula is C6H8F2O. The van der Waals surface area contributed by atoms with Gasteiger partial charge in [0.1, 0.15) is 0 Å². The van der Waals surface area contributed by atoms with Gasteiger partial charge in [-0.25, -0.2) is 8.78 Å². The van der Waals surface area contributed by atoms with Crippen molar-refractivity contribution in [2.45, 2.75) is 19.8 Å². The summed E-state index contributed by atoms with van der Waals surface area (Å²) in [4.78, 5) is 10.4. The van der Waals surface area contributed by atoms with Crippen LogP contribution >= 0.6 is 0 Å². The second-order valence-electron chi connectivity index (χ2n) is 2.52. The van der Waals surface area contributed by atoms with E-state index in [2.05, 4.69) is 0 Å². The Hall–Kier alpha value is -0.470. The lowest BCUT2D eigenvalue weighted by Crippen LogP contribution is -2.12. The molecule has 1 aliphatic carbocycles. The monoisotopic (exact) mass is 134 g/mol. The Morgan fingerprint density at radius 2 is 2.11 bits per heavy atom. The summed E-state index contributed by atoms with van der Waals surface area (Å²) < 4.78 is 23.1. The molecule has 1 aliphatic rings. The van der Waals surface area contributed by atoms with Crippen LogP contribution in [0, 0.1) is 11.8 Å². The molecule has 0 aliphatic heterocycles. The van der Waals surface area contributed by atoms with Crippen molar-refractivity contribution < 1.29 is 13.6 Å². The molecule has 9 heavy (non-hydrogen) atoms. The van der Waals surface area contributed by atoms with E-state index >= 15 is 0 Å². The van der Waals surface area contributed by atoms with E-state index < -0.39 is 12.2 Å². The third-order valence-electron chi connectivity index (χ3n) is 1.69. The van der Waals surface area contributed by atoms with Crippen molar-refractivity contribution in [1.82, 2.24) is 0 Å². The molecule has 0 aromatic rings. The first-order valence-corrected chi connectivity index (χ1v) is 2.95. The van der Waals surface area contributed by atoms with Crippen LogP contribution in [0.3, 0.4) is 0 Å². The van der Waals surface area contributed by atoms with Gasteiger partial charge in [-0.1, -0.05) is 6.92 Å². The van der Waals surface area contributed by atoms with Crippen LogP contribution < -0.4 is 0 Å². The molecule has 0 aromatic carbocycles. The predicted octanol–water partition coefficient (Wildman–Crippen LogP) is 1.48. The van der Waals surface area contributed by atoms with Gasteiger partial charge in [-0.2, -0.15) is 0 Å². The van der Waals surface area contributed by atoms with Gasteiger partial charge in [0.15, 0.2) is 0 Å². The normalized spacial score (nSPS) is 32.9. The fraction of sp³-hybridized carbons (Fsp3) is 0.833. The van der Waals surface area contributed by atoms with Gasteiger partial charge in [0, 0.05) is 5.92 Å². The lowest BCUT2D eigenvalue weighted by atomic mass is 10.2. The molecule has 1 fully saturated rings. The molecule has 1 nitrogen and oxygen atoms in total. The lowest BCUT2D eigenvalue weighted by Gasteiger charge is -1.92. The van der Waals surface area contributed by atoms with E-state index in [-0.39, 0.29) is 11.8 Å². The van der Waals surface area contributed by atoms with Crippen molar-refractivity contribution in [2.75, 3.05) is 0 Å². The van der Waals surface area contributed by atoms with Crippen LogP contribution in [-0.2, 0) is 4.79 Å². The van der Waals surface area contributed by atoms with Gasteiger partial charge in [0.2, 0.25) is 5.78 Å². The maximum atomic E-state index is 11.5. The smallest absolute Gasteiger partial charge is 0.293 e. The highest BCUT2D eigenvalue weighted by molar-refractivity contribution is 5.86. The third-order valence-corrected chi connectivity index (χ3v) is 1.69. The van der Waals surface area contributed by atoms with E-state index in [1.165, 1.54) is 0 Å². The highest BCUT2D eigenvalue weighted by atomic mass is 19.3. The zero-order valence-corrected chi connectivity index (χ0v) is 5.10. The Labute approximate surface area is 52.1 Å². The fourth-order valence-electron chi connectivity index (χ4n) is 0.880. The summed E-state index contributed by atoms with van der Waals surface area (Å²) in [5, 5.41) is 0. The van der Waals surface area contributed by atoms with Gasteiger partial charge in [0.25, 0.3) is 6.43 Å². The van der Waals surface area contributed by atoms with Crippen LogP contribution in [0.25, 0.3) is 0 Å². The zero-order valence-electron chi connectivity index (χ0n) is 5.10. The Kier molecular flexibility index (Phi) is 1.51. The topological polar surface area (TPSA) is 17.1 Å². The van der Waals surface area contributed by atoms with Gasteiger partial charge in [-0.15, -0.1) is 0 Å². The second kappa shape index (κ2) is 2.05. The second-order valence-corrected chi connectivity index (χ2v) is 2.52. The van der Waals surface area contributed by atoms with Crippen LogP contribution in [0.4, 0.5) is 8.78 Å². The molecule has 52 valence electrons. The Morgan fingerprint density at radius 1 is 1.67 bits per heavy atom. The van der Waals surface area contributed by atoms with E-state index in [0.29, 0.717) is 6.42 Å². The molecule has 3 heteroatoms. The number of ketones is 1. The molecule has 0 spiro atoms. The van der Waals surface area contributed by atoms with Gasteiger partial charge < -0.3 is 0 Å². The van der Waals surface area contributed by atoms with E-state index in [4.69, 9.17) is 0 Å². The van der Waals surface area contributed by atoms with Crippen LogP contribution in [0.15, 0.2) is 0 Å². The number of carbonyl (C=O) groups is 1. The summed E-state index contributed by atoms with van der Waals surface area (Å²) in [6, 6.07) is 0. The average Bonchev–Trinajstić information content (AvgIpc) is 2.44. The Morgan fingerprint density at radius 3 is 2.22 bits per heavy atom. The van der Waals surface area contributed by atoms with E-state index in [1.807, 2.05) is 6.92 Å². The molecule has 1 rings (SSSR count). The van der Waals surface area contributed by atoms with Crippen molar-refractivity contribution in [3.05, 3.63) is 0 Å². The molecule has 0 heterocycles. The summed E-state index contributed by atoms with van der Waals surface area (Å²) in [7, 11) is 0. The van der Waals surface area contributed by atoms with Crippen molar-refractivity contribution in [3.8, 4) is 0 Å². The molecular weight excluding hydrogens is 126 g/mol.